The van der Waals surface area contributed by atoms with Crippen LogP contribution in [-0.4, -0.2) is 121 Å². The van der Waals surface area contributed by atoms with E-state index in [1.165, 1.54) is 12.7 Å². The van der Waals surface area contributed by atoms with Crippen molar-refractivity contribution in [3.05, 3.63) is 70.3 Å². The van der Waals surface area contributed by atoms with E-state index in [9.17, 15) is 13.2 Å². The van der Waals surface area contributed by atoms with Gasteiger partial charge in [0.05, 0.1) is 25.5 Å². The first-order valence-corrected chi connectivity index (χ1v) is 21.6. The van der Waals surface area contributed by atoms with E-state index >= 15 is 0 Å². The first-order valence-electron chi connectivity index (χ1n) is 19.7. The van der Waals surface area contributed by atoms with Gasteiger partial charge >= 0.3 is 0 Å². The summed E-state index contributed by atoms with van der Waals surface area (Å²) in [6.07, 6.45) is 9.71. The van der Waals surface area contributed by atoms with Crippen molar-refractivity contribution in [3.63, 3.8) is 0 Å². The van der Waals surface area contributed by atoms with Crippen LogP contribution in [-0.2, 0) is 37.3 Å². The fourth-order valence-corrected chi connectivity index (χ4v) is 11.1. The zero-order chi connectivity index (χ0) is 37.9. The summed E-state index contributed by atoms with van der Waals surface area (Å²) >= 11 is 6.42. The van der Waals surface area contributed by atoms with Gasteiger partial charge in [-0.15, -0.1) is 0 Å². The fourth-order valence-electron chi connectivity index (χ4n) is 9.30. The number of benzene rings is 2. The smallest absolute Gasteiger partial charge is 0.264 e. The van der Waals surface area contributed by atoms with Crippen LogP contribution in [0.4, 0.5) is 5.69 Å². The van der Waals surface area contributed by atoms with E-state index in [4.69, 9.17) is 30.5 Å². The standard InChI is InChI=1S/C41H57ClN4O7S/c1-29-7-6-15-41(51-3,28-44-17-18-45-19-20-52-26-35(45)24-44)36-13-10-32(36)23-46-16-5-4-8-30-21-34(42)12-9-33(30)25-53-38-14-11-31(22-37(38)46)40(47)43-54(48,49)39(29)27-50-2/h6,9,11-12,14-15,21-22,29,32,35-36,39H,4-5,7-8,10,13,16-20,23-28H2,1-3H3,(H,43,47)/b15-6+/t29-,32-,35-,36?,39+,41+/m0/s1. The lowest BCUT2D eigenvalue weighted by atomic mass is 9.63. The molecular formula is C41H57ClN4O7S. The lowest BCUT2D eigenvalue weighted by molar-refractivity contribution is -0.108. The number of rotatable bonds is 5. The van der Waals surface area contributed by atoms with Crippen molar-refractivity contribution in [2.75, 3.05) is 84.8 Å². The summed E-state index contributed by atoms with van der Waals surface area (Å²) < 4.78 is 54.8. The third-order valence-electron chi connectivity index (χ3n) is 12.6. The van der Waals surface area contributed by atoms with E-state index in [2.05, 4.69) is 31.6 Å². The second-order valence-electron chi connectivity index (χ2n) is 16.0. The molecule has 0 radical (unpaired) electrons. The number of hydrogen-bond acceptors (Lipinski definition) is 10. The Morgan fingerprint density at radius 2 is 1.89 bits per heavy atom. The highest BCUT2D eigenvalue weighted by Crippen LogP contribution is 2.47. The number of methoxy groups -OCH3 is 2. The lowest BCUT2D eigenvalue weighted by Crippen LogP contribution is -2.62. The highest BCUT2D eigenvalue weighted by molar-refractivity contribution is 7.90. The average Bonchev–Trinajstić information content (AvgIpc) is 3.17. The third kappa shape index (κ3) is 8.65. The molecule has 2 aromatic rings. The largest absolute Gasteiger partial charge is 0.487 e. The Balaban J connectivity index is 1.26. The summed E-state index contributed by atoms with van der Waals surface area (Å²) in [5, 5.41) is -0.228. The molecule has 7 rings (SSSR count). The SMILES string of the molecule is COC[C@@H]1[C@@H](C)C/C=C/[C@](CN2CCN3CCOC[C@@H]3C2)(OC)C2CC[C@H]2CN2CCCCc3cc(Cl)ccc3COc3ccc(cc32)C(=O)NS1(=O)=O. The molecule has 2 aromatic carbocycles. The number of amides is 1. The van der Waals surface area contributed by atoms with Crippen molar-refractivity contribution in [1.29, 1.82) is 0 Å². The predicted octanol–water partition coefficient (Wildman–Crippen LogP) is 5.16. The summed E-state index contributed by atoms with van der Waals surface area (Å²) in [5.74, 6) is 0.230. The summed E-state index contributed by atoms with van der Waals surface area (Å²) in [6.45, 7) is 9.90. The Morgan fingerprint density at radius 3 is 2.69 bits per heavy atom. The number of nitrogens with zero attached hydrogens (tertiary/aromatic N) is 3. The van der Waals surface area contributed by atoms with Gasteiger partial charge in [0.15, 0.2) is 0 Å². The number of fused-ring (bicyclic) bond motifs is 4. The highest BCUT2D eigenvalue weighted by atomic mass is 35.5. The molecule has 5 aliphatic rings. The number of carbonyl (C=O) groups excluding carboxylic acids is 1. The minimum atomic E-state index is -4.11. The Kier molecular flexibility index (Phi) is 12.6. The Morgan fingerprint density at radius 1 is 1.02 bits per heavy atom. The monoisotopic (exact) mass is 784 g/mol. The van der Waals surface area contributed by atoms with Crippen LogP contribution in [0.25, 0.3) is 0 Å². The summed E-state index contributed by atoms with van der Waals surface area (Å²) in [4.78, 5) is 21.2. The number of nitrogens with one attached hydrogen (secondary N) is 1. The minimum absolute atomic E-state index is 0.0377. The zero-order valence-corrected chi connectivity index (χ0v) is 33.6. The molecule has 6 atom stereocenters. The minimum Gasteiger partial charge on any atom is -0.487 e. The number of hydrogen-bond donors (Lipinski definition) is 1. The third-order valence-corrected chi connectivity index (χ3v) is 14.7. The van der Waals surface area contributed by atoms with E-state index in [1.807, 2.05) is 44.4 Å². The van der Waals surface area contributed by atoms with Crippen LogP contribution >= 0.6 is 11.6 Å². The number of aryl methyl sites for hydroxylation is 1. The van der Waals surface area contributed by atoms with Crippen LogP contribution in [0, 0.1) is 17.8 Å². The molecule has 4 heterocycles. The van der Waals surface area contributed by atoms with Crippen molar-refractivity contribution in [3.8, 4) is 5.75 Å². The van der Waals surface area contributed by atoms with E-state index in [0.29, 0.717) is 35.8 Å². The highest BCUT2D eigenvalue weighted by Gasteiger charge is 2.49. The first kappa shape index (κ1) is 39.5. The molecule has 1 amide bonds. The first-order chi connectivity index (χ1) is 26.1. The van der Waals surface area contributed by atoms with E-state index in [1.54, 1.807) is 6.07 Å². The van der Waals surface area contributed by atoms with Crippen molar-refractivity contribution >= 4 is 33.2 Å². The van der Waals surface area contributed by atoms with Gasteiger partial charge < -0.3 is 23.8 Å². The molecule has 11 nitrogen and oxygen atoms in total. The van der Waals surface area contributed by atoms with Gasteiger partial charge in [0.25, 0.3) is 5.91 Å². The van der Waals surface area contributed by atoms with Gasteiger partial charge in [-0.05, 0) is 97.7 Å². The molecule has 1 aliphatic carbocycles. The predicted molar refractivity (Wildman–Crippen MR) is 211 cm³/mol. The van der Waals surface area contributed by atoms with Gasteiger partial charge in [0.2, 0.25) is 10.0 Å². The fraction of sp³-hybridized carbons (Fsp3) is 0.634. The maximum absolute atomic E-state index is 13.9. The lowest BCUT2D eigenvalue weighted by Gasteiger charge is -2.53. The maximum Gasteiger partial charge on any atom is 0.264 e. The molecular weight excluding hydrogens is 728 g/mol. The molecule has 13 heteroatoms. The maximum atomic E-state index is 13.9. The number of sulfonamides is 1. The summed E-state index contributed by atoms with van der Waals surface area (Å²) in [5.41, 5.74) is 2.75. The van der Waals surface area contributed by atoms with Crippen LogP contribution in [0.1, 0.15) is 60.5 Å². The normalized spacial score (nSPS) is 31.7. The summed E-state index contributed by atoms with van der Waals surface area (Å²) in [6, 6.07) is 11.6. The number of morpholine rings is 1. The molecule has 296 valence electrons. The van der Waals surface area contributed by atoms with Gasteiger partial charge in [-0.2, -0.15) is 0 Å². The number of carbonyl (C=O) groups is 1. The molecule has 2 saturated heterocycles. The summed E-state index contributed by atoms with van der Waals surface area (Å²) in [7, 11) is -0.779. The van der Waals surface area contributed by atoms with Crippen LogP contribution in [0.2, 0.25) is 5.02 Å². The van der Waals surface area contributed by atoms with Crippen molar-refractivity contribution in [1.82, 2.24) is 14.5 Å². The number of ether oxygens (including phenoxy) is 4. The molecule has 0 aromatic heterocycles. The Labute approximate surface area is 326 Å². The van der Waals surface area contributed by atoms with Crippen LogP contribution < -0.4 is 14.4 Å². The number of halogens is 1. The van der Waals surface area contributed by atoms with Crippen molar-refractivity contribution < 1.29 is 32.2 Å². The Bertz CT molecular complexity index is 1780. The van der Waals surface area contributed by atoms with Gasteiger partial charge in [-0.1, -0.05) is 36.7 Å². The quantitative estimate of drug-likeness (QED) is 0.409. The van der Waals surface area contributed by atoms with Gasteiger partial charge in [0.1, 0.15) is 23.2 Å². The second kappa shape index (κ2) is 17.2. The number of anilines is 1. The van der Waals surface area contributed by atoms with Crippen molar-refractivity contribution in [2.45, 2.75) is 68.9 Å². The van der Waals surface area contributed by atoms with E-state index < -0.39 is 26.8 Å². The molecule has 1 unspecified atom stereocenters. The van der Waals surface area contributed by atoms with E-state index in [0.717, 1.165) is 102 Å². The molecule has 54 heavy (non-hydrogen) atoms. The van der Waals surface area contributed by atoms with Crippen LogP contribution in [0.15, 0.2) is 48.6 Å². The number of allylic oxidation sites excluding steroid dienone is 1. The molecule has 1 saturated carbocycles. The zero-order valence-electron chi connectivity index (χ0n) is 32.0. The van der Waals surface area contributed by atoms with Gasteiger partial charge in [-0.25, -0.2) is 13.1 Å². The average molecular weight is 785 g/mol. The Hall–Kier alpha value is -2.71. The van der Waals surface area contributed by atoms with Gasteiger partial charge in [0, 0.05) is 76.7 Å². The van der Waals surface area contributed by atoms with Crippen molar-refractivity contribution in [2.24, 2.45) is 17.8 Å². The molecule has 2 bridgehead atoms. The van der Waals surface area contributed by atoms with E-state index in [-0.39, 0.29) is 24.0 Å². The van der Waals surface area contributed by atoms with Crippen LogP contribution in [0.3, 0.4) is 0 Å². The molecule has 4 aliphatic heterocycles. The molecule has 0 spiro atoms. The van der Waals surface area contributed by atoms with Crippen LogP contribution in [0.5, 0.6) is 5.75 Å². The molecule has 3 fully saturated rings. The van der Waals surface area contributed by atoms with Gasteiger partial charge in [-0.3, -0.25) is 14.6 Å². The topological polar surface area (TPSA) is 110 Å². The number of piperazine rings is 1. The molecule has 1 N–H and O–H groups in total. The second-order valence-corrected chi connectivity index (χ2v) is 18.3.